The van der Waals surface area contributed by atoms with Crippen molar-refractivity contribution in [1.29, 1.82) is 0 Å². The molecular weight excluding hydrogens is 356 g/mol. The smallest absolute Gasteiger partial charge is 0.319 e. The number of pyridine rings is 1. The number of carbonyl (C=O) groups excluding carboxylic acids is 2. The average Bonchev–Trinajstić information content (AvgIpc) is 3.44. The highest BCUT2D eigenvalue weighted by molar-refractivity contribution is 6.05. The molecule has 28 heavy (non-hydrogen) atoms. The monoisotopic (exact) mass is 384 g/mol. The Morgan fingerprint density at radius 3 is 2.32 bits per heavy atom. The number of aromatic nitrogens is 3. The summed E-state index contributed by atoms with van der Waals surface area (Å²) in [6.45, 7) is 6.33. The van der Waals surface area contributed by atoms with Crippen LogP contribution < -0.4 is 0 Å². The van der Waals surface area contributed by atoms with E-state index >= 15 is 0 Å². The number of hydrogen-bond donors (Lipinski definition) is 0. The topological polar surface area (TPSA) is 74.6 Å². The third-order valence-corrected chi connectivity index (χ3v) is 5.52. The minimum Gasteiger partial charge on any atom is -0.335 e. The Kier molecular flexibility index (Phi) is 4.72. The van der Waals surface area contributed by atoms with E-state index in [0.717, 1.165) is 29.6 Å². The number of nitrogens with zero attached hydrogens (tertiary/aromatic N) is 6. The molecule has 0 aromatic carbocycles. The van der Waals surface area contributed by atoms with Gasteiger partial charge < -0.3 is 14.7 Å². The van der Waals surface area contributed by atoms with Crippen molar-refractivity contribution in [2.24, 2.45) is 0 Å². The van der Waals surface area contributed by atoms with Crippen LogP contribution in [0.4, 0.5) is 4.79 Å². The first-order valence-electron chi connectivity index (χ1n) is 10.0. The summed E-state index contributed by atoms with van der Waals surface area (Å²) in [7, 11) is 3.50. The Morgan fingerprint density at radius 2 is 1.75 bits per heavy atom. The predicted octanol–water partition coefficient (Wildman–Crippen LogP) is 2.33. The third-order valence-electron chi connectivity index (χ3n) is 5.52. The van der Waals surface area contributed by atoms with Crippen LogP contribution in [0.25, 0.3) is 11.0 Å². The number of piperazine rings is 1. The van der Waals surface area contributed by atoms with E-state index in [1.165, 1.54) is 0 Å². The van der Waals surface area contributed by atoms with Crippen molar-refractivity contribution in [1.82, 2.24) is 29.5 Å². The second-order valence-corrected chi connectivity index (χ2v) is 8.25. The van der Waals surface area contributed by atoms with E-state index in [1.54, 1.807) is 30.1 Å². The second kappa shape index (κ2) is 7.07. The fourth-order valence-electron chi connectivity index (χ4n) is 3.73. The molecule has 0 bridgehead atoms. The summed E-state index contributed by atoms with van der Waals surface area (Å²) in [6, 6.07) is 2.14. The lowest BCUT2D eigenvalue weighted by molar-refractivity contribution is 0.0652. The maximum absolute atomic E-state index is 13.3. The summed E-state index contributed by atoms with van der Waals surface area (Å²) in [5.74, 6) is 0.468. The van der Waals surface area contributed by atoms with Crippen molar-refractivity contribution in [3.63, 3.8) is 0 Å². The van der Waals surface area contributed by atoms with E-state index in [1.807, 2.05) is 15.6 Å². The number of rotatable bonds is 3. The van der Waals surface area contributed by atoms with E-state index in [0.29, 0.717) is 37.7 Å². The van der Waals surface area contributed by atoms with Crippen molar-refractivity contribution < 1.29 is 9.59 Å². The van der Waals surface area contributed by atoms with Crippen molar-refractivity contribution in [3.05, 3.63) is 23.5 Å². The molecule has 8 heteroatoms. The molecule has 0 radical (unpaired) electrons. The Morgan fingerprint density at radius 1 is 1.11 bits per heavy atom. The molecule has 0 spiro atoms. The highest BCUT2D eigenvalue weighted by atomic mass is 16.2. The predicted molar refractivity (Wildman–Crippen MR) is 106 cm³/mol. The zero-order valence-electron chi connectivity index (χ0n) is 17.1. The van der Waals surface area contributed by atoms with Gasteiger partial charge >= 0.3 is 6.03 Å². The fraction of sp³-hybridized carbons (Fsp3) is 0.600. The molecular formula is C20H28N6O2. The first-order valence-corrected chi connectivity index (χ1v) is 10.0. The van der Waals surface area contributed by atoms with E-state index in [2.05, 4.69) is 18.9 Å². The molecule has 0 N–H and O–H groups in total. The van der Waals surface area contributed by atoms with Gasteiger partial charge in [-0.15, -0.1) is 0 Å². The number of fused-ring (bicyclic) bond motifs is 1. The summed E-state index contributed by atoms with van der Waals surface area (Å²) < 4.78 is 1.89. The van der Waals surface area contributed by atoms with Crippen LogP contribution in [0.5, 0.6) is 0 Å². The quantitative estimate of drug-likeness (QED) is 0.814. The zero-order chi connectivity index (χ0) is 20.0. The van der Waals surface area contributed by atoms with Crippen LogP contribution in [0, 0.1) is 0 Å². The van der Waals surface area contributed by atoms with Gasteiger partial charge in [0.2, 0.25) is 0 Å². The Balaban J connectivity index is 1.62. The summed E-state index contributed by atoms with van der Waals surface area (Å²) in [4.78, 5) is 35.5. The molecule has 150 valence electrons. The molecule has 2 aromatic rings. The molecule has 1 saturated heterocycles. The Bertz CT molecular complexity index is 907. The van der Waals surface area contributed by atoms with E-state index in [4.69, 9.17) is 4.98 Å². The molecule has 1 aliphatic carbocycles. The molecule has 2 aliphatic rings. The van der Waals surface area contributed by atoms with Gasteiger partial charge in [-0.05, 0) is 32.8 Å². The molecule has 3 heterocycles. The van der Waals surface area contributed by atoms with Gasteiger partial charge in [0, 0.05) is 57.9 Å². The maximum atomic E-state index is 13.3. The van der Waals surface area contributed by atoms with Crippen molar-refractivity contribution >= 4 is 23.0 Å². The lowest BCUT2D eigenvalue weighted by Crippen LogP contribution is -2.52. The summed E-state index contributed by atoms with van der Waals surface area (Å²) in [5.41, 5.74) is 2.48. The Hall–Kier alpha value is -2.64. The fourth-order valence-corrected chi connectivity index (χ4v) is 3.73. The minimum atomic E-state index is -0.00682. The van der Waals surface area contributed by atoms with Crippen LogP contribution in [-0.2, 0) is 0 Å². The van der Waals surface area contributed by atoms with Crippen LogP contribution >= 0.6 is 0 Å². The maximum Gasteiger partial charge on any atom is 0.319 e. The number of hydrogen-bond acceptors (Lipinski definition) is 4. The van der Waals surface area contributed by atoms with Crippen molar-refractivity contribution in [2.75, 3.05) is 40.3 Å². The first-order chi connectivity index (χ1) is 13.4. The average molecular weight is 384 g/mol. The van der Waals surface area contributed by atoms with E-state index < -0.39 is 0 Å². The lowest BCUT2D eigenvalue weighted by atomic mass is 10.1. The normalized spacial score (nSPS) is 17.5. The zero-order valence-corrected chi connectivity index (χ0v) is 17.1. The van der Waals surface area contributed by atoms with Crippen LogP contribution in [0.3, 0.4) is 0 Å². The lowest BCUT2D eigenvalue weighted by Gasteiger charge is -2.36. The summed E-state index contributed by atoms with van der Waals surface area (Å²) in [5, 5.41) is 5.30. The highest BCUT2D eigenvalue weighted by Gasteiger charge is 2.31. The molecule has 8 nitrogen and oxygen atoms in total. The van der Waals surface area contributed by atoms with E-state index in [9.17, 15) is 9.59 Å². The molecule has 4 rings (SSSR count). The van der Waals surface area contributed by atoms with Crippen LogP contribution in [0.1, 0.15) is 54.7 Å². The number of carbonyl (C=O) groups is 2. The standard InChI is InChI=1S/C20H28N6O2/c1-13(2)26-18-16(12-21-26)15(11-17(22-18)14-5-6-14)19(27)24-7-9-25(10-8-24)20(28)23(3)4/h11-14H,5-10H2,1-4H3. The largest absolute Gasteiger partial charge is 0.335 e. The molecule has 0 atom stereocenters. The van der Waals surface area contributed by atoms with Gasteiger partial charge in [-0.2, -0.15) is 5.10 Å². The highest BCUT2D eigenvalue weighted by Crippen LogP contribution is 2.40. The van der Waals surface area contributed by atoms with Gasteiger partial charge in [0.25, 0.3) is 5.91 Å². The molecule has 0 unspecified atom stereocenters. The Labute approximate surface area is 165 Å². The van der Waals surface area contributed by atoms with Gasteiger partial charge in [0.1, 0.15) is 0 Å². The van der Waals surface area contributed by atoms with E-state index in [-0.39, 0.29) is 18.0 Å². The van der Waals surface area contributed by atoms with Gasteiger partial charge in [0.15, 0.2) is 5.65 Å². The van der Waals surface area contributed by atoms with Gasteiger partial charge in [-0.3, -0.25) is 4.79 Å². The molecule has 2 aromatic heterocycles. The summed E-state index contributed by atoms with van der Waals surface area (Å²) >= 11 is 0. The van der Waals surface area contributed by atoms with Crippen molar-refractivity contribution in [3.8, 4) is 0 Å². The van der Waals surface area contributed by atoms with Gasteiger partial charge in [-0.25, -0.2) is 14.5 Å². The first kappa shape index (κ1) is 18.7. The molecule has 1 saturated carbocycles. The number of urea groups is 1. The number of amides is 3. The molecule has 2 fully saturated rings. The van der Waals surface area contributed by atoms with Gasteiger partial charge in [-0.1, -0.05) is 0 Å². The summed E-state index contributed by atoms with van der Waals surface area (Å²) in [6.07, 6.45) is 4.03. The molecule has 3 amide bonds. The van der Waals surface area contributed by atoms with Crippen LogP contribution in [0.2, 0.25) is 0 Å². The third kappa shape index (κ3) is 3.31. The van der Waals surface area contributed by atoms with Gasteiger partial charge in [0.05, 0.1) is 17.1 Å². The second-order valence-electron chi connectivity index (χ2n) is 8.25. The molecule has 1 aliphatic heterocycles. The SMILES string of the molecule is CC(C)n1ncc2c(C(=O)N3CCN(C(=O)N(C)C)CC3)cc(C3CC3)nc21. The van der Waals surface area contributed by atoms with Crippen LogP contribution in [-0.4, -0.2) is 81.7 Å². The van der Waals surface area contributed by atoms with Crippen LogP contribution in [0.15, 0.2) is 12.3 Å². The minimum absolute atomic E-state index is 0.00682. The van der Waals surface area contributed by atoms with Crippen molar-refractivity contribution in [2.45, 2.75) is 38.6 Å².